The van der Waals surface area contributed by atoms with Crippen LogP contribution in [0.4, 0.5) is 4.39 Å². The minimum absolute atomic E-state index is 0.0134. The summed E-state index contributed by atoms with van der Waals surface area (Å²) in [5, 5.41) is 3.32. The first-order valence-electron chi connectivity index (χ1n) is 11.2. The second-order valence-corrected chi connectivity index (χ2v) is 8.53. The predicted octanol–water partition coefficient (Wildman–Crippen LogP) is 3.30. The maximum Gasteiger partial charge on any atom is 0.281 e. The summed E-state index contributed by atoms with van der Waals surface area (Å²) in [6, 6.07) is 18.8. The summed E-state index contributed by atoms with van der Waals surface area (Å²) < 4.78 is 21.8. The van der Waals surface area contributed by atoms with Gasteiger partial charge in [-0.15, -0.1) is 0 Å². The van der Waals surface area contributed by atoms with Gasteiger partial charge in [0.2, 0.25) is 5.91 Å². The van der Waals surface area contributed by atoms with Crippen LogP contribution < -0.4 is 5.32 Å². The number of hydrogen-bond donors (Lipinski definition) is 1. The fourth-order valence-corrected chi connectivity index (χ4v) is 4.42. The number of carbonyl (C=O) groups excluding carboxylic acids is 2. The lowest BCUT2D eigenvalue weighted by Gasteiger charge is -2.32. The van der Waals surface area contributed by atoms with E-state index in [4.69, 9.17) is 4.74 Å². The van der Waals surface area contributed by atoms with Gasteiger partial charge in [0.15, 0.2) is 0 Å². The summed E-state index contributed by atoms with van der Waals surface area (Å²) in [6.45, 7) is 2.62. The molecule has 4 rings (SSSR count). The Morgan fingerprint density at radius 1 is 1.15 bits per heavy atom. The molecule has 33 heavy (non-hydrogen) atoms. The minimum atomic E-state index is -2.52. The first-order chi connectivity index (χ1) is 15.9. The van der Waals surface area contributed by atoms with Crippen LogP contribution in [0, 0.1) is 5.92 Å². The molecule has 0 radical (unpaired) electrons. The number of aromatic nitrogens is 1. The van der Waals surface area contributed by atoms with Crippen molar-refractivity contribution in [2.75, 3.05) is 26.3 Å². The molecule has 1 saturated heterocycles. The number of hydrogen-bond acceptors (Lipinski definition) is 4. The fourth-order valence-electron chi connectivity index (χ4n) is 4.42. The number of ether oxygens (including phenoxy) is 1. The molecular weight excluding hydrogens is 421 g/mol. The van der Waals surface area contributed by atoms with Gasteiger partial charge in [-0.1, -0.05) is 48.5 Å². The topological polar surface area (TPSA) is 71.5 Å². The average molecular weight is 450 g/mol. The number of fused-ring (bicyclic) bond motifs is 1. The maximum atomic E-state index is 16.0. The molecule has 1 aliphatic heterocycles. The molecule has 2 amide bonds. The van der Waals surface area contributed by atoms with Crippen molar-refractivity contribution in [1.29, 1.82) is 0 Å². The second-order valence-electron chi connectivity index (χ2n) is 8.53. The van der Waals surface area contributed by atoms with E-state index in [2.05, 4.69) is 10.3 Å². The molecule has 2 aromatic carbocycles. The summed E-state index contributed by atoms with van der Waals surface area (Å²) in [5.74, 6) is -3.87. The van der Waals surface area contributed by atoms with E-state index < -0.39 is 17.6 Å². The lowest BCUT2D eigenvalue weighted by atomic mass is 9.95. The smallest absolute Gasteiger partial charge is 0.281 e. The van der Waals surface area contributed by atoms with Gasteiger partial charge in [-0.05, 0) is 29.7 Å². The third-order valence-electron chi connectivity index (χ3n) is 5.87. The molecular formula is C26H28FN3O3. The second kappa shape index (κ2) is 10.1. The summed E-state index contributed by atoms with van der Waals surface area (Å²) >= 11 is 0. The van der Waals surface area contributed by atoms with Crippen LogP contribution >= 0.6 is 0 Å². The van der Waals surface area contributed by atoms with Gasteiger partial charge in [-0.3, -0.25) is 14.6 Å². The molecule has 0 spiro atoms. The van der Waals surface area contributed by atoms with Crippen LogP contribution in [0.15, 0.2) is 66.9 Å². The number of rotatable bonds is 6. The third-order valence-corrected chi connectivity index (χ3v) is 5.87. The van der Waals surface area contributed by atoms with Gasteiger partial charge >= 0.3 is 0 Å². The molecule has 172 valence electrons. The summed E-state index contributed by atoms with van der Waals surface area (Å²) in [7, 11) is 0. The van der Waals surface area contributed by atoms with Gasteiger partial charge in [-0.2, -0.15) is 0 Å². The molecule has 2 atom stereocenters. The number of benzene rings is 2. The SMILES string of the molecule is CC(=O)NC(F)(Cc1ccccc1)C(=O)N1CCOCC(Cc2cccc3ncccc23)C1. The Balaban J connectivity index is 1.54. The molecule has 1 N–H and O–H groups in total. The van der Waals surface area contributed by atoms with E-state index in [0.29, 0.717) is 31.7 Å². The number of pyridine rings is 1. The largest absolute Gasteiger partial charge is 0.379 e. The van der Waals surface area contributed by atoms with Crippen LogP contribution in [0.1, 0.15) is 18.1 Å². The van der Waals surface area contributed by atoms with Crippen molar-refractivity contribution in [3.8, 4) is 0 Å². The van der Waals surface area contributed by atoms with Gasteiger partial charge < -0.3 is 15.0 Å². The van der Waals surface area contributed by atoms with Crippen LogP contribution in [0.5, 0.6) is 0 Å². The maximum absolute atomic E-state index is 16.0. The Kier molecular flexibility index (Phi) is 6.99. The molecule has 0 saturated carbocycles. The zero-order chi connectivity index (χ0) is 23.3. The zero-order valence-corrected chi connectivity index (χ0v) is 18.7. The van der Waals surface area contributed by atoms with Crippen molar-refractivity contribution in [1.82, 2.24) is 15.2 Å². The van der Waals surface area contributed by atoms with E-state index in [1.165, 1.54) is 11.8 Å². The molecule has 0 bridgehead atoms. The highest BCUT2D eigenvalue weighted by Crippen LogP contribution is 2.24. The monoisotopic (exact) mass is 449 g/mol. The summed E-state index contributed by atoms with van der Waals surface area (Å²) in [5.41, 5.74) is 2.66. The quantitative estimate of drug-likeness (QED) is 0.587. The fraction of sp³-hybridized carbons (Fsp3) is 0.346. The van der Waals surface area contributed by atoms with E-state index in [-0.39, 0.29) is 18.9 Å². The van der Waals surface area contributed by atoms with Gasteiger partial charge in [0, 0.05) is 43.9 Å². The highest BCUT2D eigenvalue weighted by Gasteiger charge is 2.43. The molecule has 1 aromatic heterocycles. The molecule has 6 nitrogen and oxygen atoms in total. The van der Waals surface area contributed by atoms with Crippen LogP contribution in [0.25, 0.3) is 10.9 Å². The lowest BCUT2D eigenvalue weighted by Crippen LogP contribution is -2.58. The first-order valence-corrected chi connectivity index (χ1v) is 11.2. The Bertz CT molecular complexity index is 1120. The van der Waals surface area contributed by atoms with Crippen LogP contribution in [0.3, 0.4) is 0 Å². The van der Waals surface area contributed by atoms with Gasteiger partial charge in [0.05, 0.1) is 18.7 Å². The summed E-state index contributed by atoms with van der Waals surface area (Å²) in [4.78, 5) is 31.1. The predicted molar refractivity (Wildman–Crippen MR) is 124 cm³/mol. The molecule has 7 heteroatoms. The number of halogens is 1. The van der Waals surface area contributed by atoms with Gasteiger partial charge in [0.1, 0.15) is 0 Å². The standard InChI is InChI=1S/C26H28FN3O3/c1-19(31)29-26(27,16-20-7-3-2-4-8-20)25(32)30-13-14-33-18-21(17-30)15-22-9-5-11-24-23(22)10-6-12-28-24/h2-12,21H,13-18H2,1H3,(H,29,31). The molecule has 2 unspecified atom stereocenters. The van der Waals surface area contributed by atoms with E-state index in [1.807, 2.05) is 36.4 Å². The van der Waals surface area contributed by atoms with Crippen molar-refractivity contribution in [3.05, 3.63) is 78.0 Å². The van der Waals surface area contributed by atoms with Crippen LogP contribution in [-0.4, -0.2) is 53.8 Å². The van der Waals surface area contributed by atoms with E-state index in [9.17, 15) is 9.59 Å². The Labute approximate surface area is 192 Å². The van der Waals surface area contributed by atoms with Crippen molar-refractivity contribution in [2.24, 2.45) is 5.92 Å². The third kappa shape index (κ3) is 5.54. The molecule has 2 heterocycles. The van der Waals surface area contributed by atoms with Gasteiger partial charge in [-0.25, -0.2) is 4.39 Å². The Morgan fingerprint density at radius 3 is 2.76 bits per heavy atom. The number of nitrogens with one attached hydrogen (secondary N) is 1. The Morgan fingerprint density at radius 2 is 1.97 bits per heavy atom. The van der Waals surface area contributed by atoms with E-state index in [0.717, 1.165) is 16.5 Å². The summed E-state index contributed by atoms with van der Waals surface area (Å²) in [6.07, 6.45) is 2.20. The van der Waals surface area contributed by atoms with Gasteiger partial charge in [0.25, 0.3) is 11.7 Å². The van der Waals surface area contributed by atoms with E-state index in [1.54, 1.807) is 30.5 Å². The number of amides is 2. The minimum Gasteiger partial charge on any atom is -0.379 e. The number of alkyl halides is 1. The average Bonchev–Trinajstić information content (AvgIpc) is 3.04. The number of carbonyl (C=O) groups is 2. The highest BCUT2D eigenvalue weighted by atomic mass is 19.1. The molecule has 1 aliphatic rings. The zero-order valence-electron chi connectivity index (χ0n) is 18.7. The normalized spacial score (nSPS) is 18.4. The lowest BCUT2D eigenvalue weighted by molar-refractivity contribution is -0.150. The van der Waals surface area contributed by atoms with Crippen LogP contribution in [-0.2, 0) is 27.2 Å². The van der Waals surface area contributed by atoms with Crippen LogP contribution in [0.2, 0.25) is 0 Å². The molecule has 0 aliphatic carbocycles. The number of nitrogens with zero attached hydrogens (tertiary/aromatic N) is 2. The molecule has 3 aromatic rings. The first kappa shape index (κ1) is 22.9. The van der Waals surface area contributed by atoms with Crippen molar-refractivity contribution < 1.29 is 18.7 Å². The van der Waals surface area contributed by atoms with Crippen molar-refractivity contribution in [3.63, 3.8) is 0 Å². The van der Waals surface area contributed by atoms with Crippen molar-refractivity contribution >= 4 is 22.7 Å². The Hall–Kier alpha value is -3.32. The highest BCUT2D eigenvalue weighted by molar-refractivity contribution is 5.90. The van der Waals surface area contributed by atoms with E-state index >= 15 is 4.39 Å². The van der Waals surface area contributed by atoms with Crippen molar-refractivity contribution in [2.45, 2.75) is 25.6 Å². The molecule has 1 fully saturated rings.